The van der Waals surface area contributed by atoms with Crippen molar-refractivity contribution in [3.63, 3.8) is 0 Å². The minimum absolute atomic E-state index is 0.116. The van der Waals surface area contributed by atoms with Gasteiger partial charge in [0.25, 0.3) is 0 Å². The minimum atomic E-state index is -0.315. The van der Waals surface area contributed by atoms with Gasteiger partial charge in [0.15, 0.2) is 0 Å². The minimum Gasteiger partial charge on any atom is -0.391 e. The summed E-state index contributed by atoms with van der Waals surface area (Å²) in [4.78, 5) is 14.2. The highest BCUT2D eigenvalue weighted by molar-refractivity contribution is 5.79. The summed E-state index contributed by atoms with van der Waals surface area (Å²) >= 11 is 0. The van der Waals surface area contributed by atoms with Gasteiger partial charge in [-0.3, -0.25) is 4.79 Å². The van der Waals surface area contributed by atoms with E-state index in [2.05, 4.69) is 18.2 Å². The molecule has 1 heterocycles. The van der Waals surface area contributed by atoms with Gasteiger partial charge in [-0.1, -0.05) is 24.3 Å². The summed E-state index contributed by atoms with van der Waals surface area (Å²) in [5.41, 5.74) is 2.71. The standard InChI is InChI=1S/C15H19NO2/c17-14-7-8-16(10-14)15(18)13-6-5-11-3-1-2-4-12(11)9-13/h1-4,13-14,17H,5-10H2/t13?,14-/m1/s1. The molecule has 1 unspecified atom stereocenters. The molecule has 2 atom stereocenters. The van der Waals surface area contributed by atoms with Crippen molar-refractivity contribution in [1.82, 2.24) is 4.90 Å². The van der Waals surface area contributed by atoms with Crippen molar-refractivity contribution in [1.29, 1.82) is 0 Å². The quantitative estimate of drug-likeness (QED) is 0.812. The molecule has 1 N–H and O–H groups in total. The van der Waals surface area contributed by atoms with Crippen LogP contribution in [0.2, 0.25) is 0 Å². The molecule has 3 nitrogen and oxygen atoms in total. The second-order valence-electron chi connectivity index (χ2n) is 5.44. The van der Waals surface area contributed by atoms with E-state index in [9.17, 15) is 9.90 Å². The van der Waals surface area contributed by atoms with Gasteiger partial charge < -0.3 is 10.0 Å². The van der Waals surface area contributed by atoms with Crippen molar-refractivity contribution in [3.8, 4) is 0 Å². The average molecular weight is 245 g/mol. The fraction of sp³-hybridized carbons (Fsp3) is 0.533. The topological polar surface area (TPSA) is 40.5 Å². The van der Waals surface area contributed by atoms with Gasteiger partial charge in [-0.05, 0) is 36.8 Å². The Morgan fingerprint density at radius 2 is 2.00 bits per heavy atom. The molecule has 1 saturated heterocycles. The number of β-amino-alcohol motifs (C(OH)–C–C–N with tert-alkyl or cyclic N) is 1. The van der Waals surface area contributed by atoms with E-state index in [1.54, 1.807) is 0 Å². The maximum atomic E-state index is 12.4. The zero-order valence-electron chi connectivity index (χ0n) is 10.5. The van der Waals surface area contributed by atoms with E-state index in [1.807, 2.05) is 11.0 Å². The smallest absolute Gasteiger partial charge is 0.226 e. The number of fused-ring (bicyclic) bond motifs is 1. The van der Waals surface area contributed by atoms with Gasteiger partial charge in [-0.2, -0.15) is 0 Å². The SMILES string of the molecule is O=C(C1CCc2ccccc2C1)N1CC[C@@H](O)C1. The lowest BCUT2D eigenvalue weighted by Crippen LogP contribution is -2.37. The van der Waals surface area contributed by atoms with E-state index in [0.717, 1.165) is 32.2 Å². The molecule has 1 fully saturated rings. The maximum absolute atomic E-state index is 12.4. The molecule has 3 rings (SSSR count). The Bertz CT molecular complexity index is 458. The zero-order chi connectivity index (χ0) is 12.5. The fourth-order valence-electron chi connectivity index (χ4n) is 3.11. The number of aliphatic hydroxyl groups excluding tert-OH is 1. The molecule has 0 radical (unpaired) electrons. The predicted octanol–water partition coefficient (Wildman–Crippen LogP) is 1.38. The third kappa shape index (κ3) is 2.15. The Labute approximate surface area is 107 Å². The molecule has 0 bridgehead atoms. The van der Waals surface area contributed by atoms with Gasteiger partial charge in [-0.25, -0.2) is 0 Å². The lowest BCUT2D eigenvalue weighted by molar-refractivity contribution is -0.135. The van der Waals surface area contributed by atoms with Gasteiger partial charge >= 0.3 is 0 Å². The highest BCUT2D eigenvalue weighted by atomic mass is 16.3. The molecule has 1 aromatic rings. The second-order valence-corrected chi connectivity index (χ2v) is 5.44. The van der Waals surface area contributed by atoms with Gasteiger partial charge in [0, 0.05) is 19.0 Å². The van der Waals surface area contributed by atoms with E-state index in [1.165, 1.54) is 11.1 Å². The second kappa shape index (κ2) is 4.73. The third-order valence-corrected chi connectivity index (χ3v) is 4.17. The number of rotatable bonds is 1. The summed E-state index contributed by atoms with van der Waals surface area (Å²) < 4.78 is 0. The van der Waals surface area contributed by atoms with E-state index >= 15 is 0 Å². The molecule has 1 aliphatic heterocycles. The Morgan fingerprint density at radius 3 is 2.72 bits per heavy atom. The molecular weight excluding hydrogens is 226 g/mol. The number of carbonyl (C=O) groups is 1. The Balaban J connectivity index is 1.70. The number of benzene rings is 1. The van der Waals surface area contributed by atoms with E-state index in [4.69, 9.17) is 0 Å². The van der Waals surface area contributed by atoms with Crippen LogP contribution in [0, 0.1) is 5.92 Å². The van der Waals surface area contributed by atoms with Gasteiger partial charge in [0.2, 0.25) is 5.91 Å². The van der Waals surface area contributed by atoms with Crippen molar-refractivity contribution >= 4 is 5.91 Å². The Hall–Kier alpha value is -1.35. The van der Waals surface area contributed by atoms with Crippen molar-refractivity contribution in [2.75, 3.05) is 13.1 Å². The molecule has 2 aliphatic rings. The lowest BCUT2D eigenvalue weighted by atomic mass is 9.83. The summed E-state index contributed by atoms with van der Waals surface area (Å²) in [7, 11) is 0. The Morgan fingerprint density at radius 1 is 1.22 bits per heavy atom. The average Bonchev–Trinajstić information content (AvgIpc) is 2.84. The summed E-state index contributed by atoms with van der Waals surface area (Å²) in [6.07, 6.45) is 3.23. The highest BCUT2D eigenvalue weighted by Gasteiger charge is 2.31. The number of likely N-dealkylation sites (tertiary alicyclic amines) is 1. The molecule has 1 aromatic carbocycles. The largest absolute Gasteiger partial charge is 0.391 e. The molecule has 18 heavy (non-hydrogen) atoms. The number of amides is 1. The predicted molar refractivity (Wildman–Crippen MR) is 69.2 cm³/mol. The summed E-state index contributed by atoms with van der Waals surface area (Å²) in [6.45, 7) is 1.25. The fourth-order valence-corrected chi connectivity index (χ4v) is 3.11. The van der Waals surface area contributed by atoms with Gasteiger partial charge in [0.1, 0.15) is 0 Å². The number of aryl methyl sites for hydroxylation is 1. The van der Waals surface area contributed by atoms with Crippen LogP contribution in [0.3, 0.4) is 0 Å². The van der Waals surface area contributed by atoms with Crippen LogP contribution in [0.15, 0.2) is 24.3 Å². The number of aliphatic hydroxyl groups is 1. The molecule has 1 aliphatic carbocycles. The maximum Gasteiger partial charge on any atom is 0.226 e. The number of hydrogen-bond donors (Lipinski definition) is 1. The van der Waals surface area contributed by atoms with E-state index in [0.29, 0.717) is 6.54 Å². The van der Waals surface area contributed by atoms with E-state index < -0.39 is 0 Å². The summed E-state index contributed by atoms with van der Waals surface area (Å²) in [5, 5.41) is 9.51. The van der Waals surface area contributed by atoms with Gasteiger partial charge in [0.05, 0.1) is 6.10 Å². The number of nitrogens with zero attached hydrogens (tertiary/aromatic N) is 1. The van der Waals surface area contributed by atoms with Gasteiger partial charge in [-0.15, -0.1) is 0 Å². The van der Waals surface area contributed by atoms with Crippen LogP contribution >= 0.6 is 0 Å². The number of hydrogen-bond acceptors (Lipinski definition) is 2. The molecule has 0 aromatic heterocycles. The van der Waals surface area contributed by atoms with E-state index in [-0.39, 0.29) is 17.9 Å². The third-order valence-electron chi connectivity index (χ3n) is 4.17. The summed E-state index contributed by atoms with van der Waals surface area (Å²) in [5.74, 6) is 0.353. The first kappa shape index (κ1) is 11.7. The summed E-state index contributed by atoms with van der Waals surface area (Å²) in [6, 6.07) is 8.41. The highest BCUT2D eigenvalue weighted by Crippen LogP contribution is 2.27. The molecule has 0 saturated carbocycles. The van der Waals surface area contributed by atoms with Crippen LogP contribution < -0.4 is 0 Å². The molecular formula is C15H19NO2. The molecule has 0 spiro atoms. The van der Waals surface area contributed by atoms with Crippen LogP contribution in [0.4, 0.5) is 0 Å². The van der Waals surface area contributed by atoms with Crippen LogP contribution in [0.25, 0.3) is 0 Å². The normalized spacial score (nSPS) is 27.1. The van der Waals surface area contributed by atoms with Crippen molar-refractivity contribution in [3.05, 3.63) is 35.4 Å². The van der Waals surface area contributed by atoms with Crippen LogP contribution in [-0.2, 0) is 17.6 Å². The van der Waals surface area contributed by atoms with Crippen LogP contribution in [0.5, 0.6) is 0 Å². The Kier molecular flexibility index (Phi) is 3.08. The van der Waals surface area contributed by atoms with Crippen molar-refractivity contribution < 1.29 is 9.90 Å². The van der Waals surface area contributed by atoms with Crippen molar-refractivity contribution in [2.24, 2.45) is 5.92 Å². The first-order valence-corrected chi connectivity index (χ1v) is 6.77. The van der Waals surface area contributed by atoms with Crippen molar-refractivity contribution in [2.45, 2.75) is 31.8 Å². The monoisotopic (exact) mass is 245 g/mol. The zero-order valence-corrected chi connectivity index (χ0v) is 10.5. The first-order valence-electron chi connectivity index (χ1n) is 6.77. The molecule has 3 heteroatoms. The first-order chi connectivity index (χ1) is 8.74. The molecule has 1 amide bonds. The lowest BCUT2D eigenvalue weighted by Gasteiger charge is -2.27. The number of carbonyl (C=O) groups excluding carboxylic acids is 1. The van der Waals surface area contributed by atoms with Crippen LogP contribution in [0.1, 0.15) is 24.0 Å². The molecule has 96 valence electrons. The van der Waals surface area contributed by atoms with Crippen LogP contribution in [-0.4, -0.2) is 35.1 Å².